The number of nitrogen functional groups attached to an aromatic ring is 1. The van der Waals surface area contributed by atoms with E-state index in [-0.39, 0.29) is 16.5 Å². The van der Waals surface area contributed by atoms with Crippen LogP contribution in [0.3, 0.4) is 0 Å². The molecule has 0 saturated heterocycles. The highest BCUT2D eigenvalue weighted by atomic mass is 16.6. The average molecular weight is 405 g/mol. The molecule has 1 aliphatic carbocycles. The predicted molar refractivity (Wildman–Crippen MR) is 112 cm³/mol. The van der Waals surface area contributed by atoms with Crippen LogP contribution in [0.5, 0.6) is 11.8 Å². The molecule has 1 atom stereocenters. The summed E-state index contributed by atoms with van der Waals surface area (Å²) in [6.45, 7) is 2.10. The van der Waals surface area contributed by atoms with E-state index in [1.54, 1.807) is 12.1 Å². The predicted octanol–water partition coefficient (Wildman–Crippen LogP) is 4.41. The molecule has 0 amide bonds. The summed E-state index contributed by atoms with van der Waals surface area (Å²) >= 11 is 0. The molecule has 0 bridgehead atoms. The van der Waals surface area contributed by atoms with Crippen LogP contribution in [-0.2, 0) is 19.3 Å². The summed E-state index contributed by atoms with van der Waals surface area (Å²) in [5, 5.41) is 18.9. The number of aryl methyl sites for hydroxylation is 2. The Kier molecular flexibility index (Phi) is 4.42. The van der Waals surface area contributed by atoms with Gasteiger partial charge in [-0.25, -0.2) is 4.98 Å². The summed E-state index contributed by atoms with van der Waals surface area (Å²) in [5.74, 6) is 0.625. The molecule has 1 aromatic carbocycles. The van der Waals surface area contributed by atoms with Crippen molar-refractivity contribution >= 4 is 11.4 Å². The minimum Gasteiger partial charge on any atom is -0.418 e. The Hall–Kier alpha value is -3.42. The first-order valence-electron chi connectivity index (χ1n) is 10.4. The number of nitro groups is 1. The van der Waals surface area contributed by atoms with Gasteiger partial charge >= 0.3 is 0 Å². The summed E-state index contributed by atoms with van der Waals surface area (Å²) in [4.78, 5) is 15.9. The van der Waals surface area contributed by atoms with Crippen LogP contribution in [0.2, 0.25) is 0 Å². The van der Waals surface area contributed by atoms with Crippen molar-refractivity contribution in [3.63, 3.8) is 0 Å². The topological polar surface area (TPSA) is 120 Å². The molecule has 3 N–H and O–H groups in total. The molecule has 0 spiro atoms. The number of hydrogen-bond acceptors (Lipinski definition) is 6. The fraction of sp³-hybridized carbons (Fsp3) is 0.364. The Morgan fingerprint density at radius 2 is 2.10 bits per heavy atom. The zero-order valence-corrected chi connectivity index (χ0v) is 16.8. The summed E-state index contributed by atoms with van der Waals surface area (Å²) in [6, 6.07) is 6.73. The average Bonchev–Trinajstić information content (AvgIpc) is 3.15. The number of H-pyrrole nitrogens is 1. The van der Waals surface area contributed by atoms with Crippen LogP contribution in [0.4, 0.5) is 11.4 Å². The molecule has 0 radical (unpaired) electrons. The van der Waals surface area contributed by atoms with E-state index < -0.39 is 0 Å². The number of nitrogens with two attached hydrogens (primary N) is 1. The molecule has 1 aliphatic heterocycles. The van der Waals surface area contributed by atoms with Crippen molar-refractivity contribution in [3.05, 3.63) is 68.0 Å². The Morgan fingerprint density at radius 3 is 2.90 bits per heavy atom. The summed E-state index contributed by atoms with van der Waals surface area (Å²) in [6.07, 6.45) is 5.67. The van der Waals surface area contributed by atoms with Gasteiger partial charge in [-0.2, -0.15) is 0 Å². The Balaban J connectivity index is 1.77. The molecule has 3 aromatic rings. The van der Waals surface area contributed by atoms with Gasteiger partial charge in [0, 0.05) is 40.7 Å². The maximum Gasteiger partial charge on any atom is 0.269 e. The SMILES string of the molecule is CCCc1[nH]nc2c1C(c1cccc([N+](=O)[O-])c1)c1c(nc3c(c1N)CCCC3)O2. The van der Waals surface area contributed by atoms with Crippen LogP contribution in [0, 0.1) is 10.1 Å². The number of fused-ring (bicyclic) bond motifs is 3. The van der Waals surface area contributed by atoms with Gasteiger partial charge in [0.25, 0.3) is 5.69 Å². The molecule has 8 nitrogen and oxygen atoms in total. The molecule has 5 rings (SSSR count). The highest BCUT2D eigenvalue weighted by molar-refractivity contribution is 5.69. The van der Waals surface area contributed by atoms with E-state index in [0.29, 0.717) is 17.4 Å². The molecular formula is C22H23N5O3. The number of nitro benzene ring substituents is 1. The standard InChI is InChI=1S/C22H23N5O3/c1-2-6-16-18-17(12-7-5-8-13(11-12)27(28)29)19-20(23)14-9-3-4-10-15(14)24-21(19)30-22(18)26-25-16/h5,7-8,11,17H,2-4,6,9-10H2,1H3,(H2,23,24)(H,25,26). The molecule has 8 heteroatoms. The third kappa shape index (κ3) is 2.82. The van der Waals surface area contributed by atoms with Gasteiger partial charge < -0.3 is 10.5 Å². The first kappa shape index (κ1) is 18.6. The Labute approximate surface area is 173 Å². The number of rotatable bonds is 4. The third-order valence-corrected chi connectivity index (χ3v) is 6.05. The Morgan fingerprint density at radius 1 is 1.27 bits per heavy atom. The highest BCUT2D eigenvalue weighted by Crippen LogP contribution is 2.51. The number of ether oxygens (including phenoxy) is 1. The van der Waals surface area contributed by atoms with Crippen LogP contribution in [0.15, 0.2) is 24.3 Å². The number of hydrogen-bond donors (Lipinski definition) is 2. The quantitative estimate of drug-likeness (QED) is 0.383. The van der Waals surface area contributed by atoms with Crippen LogP contribution in [-0.4, -0.2) is 20.1 Å². The van der Waals surface area contributed by atoms with Gasteiger partial charge in [0.1, 0.15) is 0 Å². The minimum absolute atomic E-state index is 0.0483. The maximum absolute atomic E-state index is 11.4. The highest BCUT2D eigenvalue weighted by Gasteiger charge is 2.38. The summed E-state index contributed by atoms with van der Waals surface area (Å²) in [7, 11) is 0. The lowest BCUT2D eigenvalue weighted by atomic mass is 9.80. The molecule has 2 aliphatic rings. The fourth-order valence-electron chi connectivity index (χ4n) is 4.69. The van der Waals surface area contributed by atoms with E-state index in [4.69, 9.17) is 15.5 Å². The molecule has 0 fully saturated rings. The molecule has 0 saturated carbocycles. The minimum atomic E-state index is -0.374. The monoisotopic (exact) mass is 405 g/mol. The van der Waals surface area contributed by atoms with Crippen LogP contribution < -0.4 is 10.5 Å². The number of non-ortho nitro benzene ring substituents is 1. The maximum atomic E-state index is 11.4. The lowest BCUT2D eigenvalue weighted by Gasteiger charge is -2.30. The van der Waals surface area contributed by atoms with E-state index in [0.717, 1.165) is 72.2 Å². The smallest absolute Gasteiger partial charge is 0.269 e. The van der Waals surface area contributed by atoms with E-state index >= 15 is 0 Å². The van der Waals surface area contributed by atoms with Crippen molar-refractivity contribution in [3.8, 4) is 11.8 Å². The Bertz CT molecular complexity index is 1150. The zero-order chi connectivity index (χ0) is 20.8. The molecule has 1 unspecified atom stereocenters. The first-order chi connectivity index (χ1) is 14.6. The van der Waals surface area contributed by atoms with Crippen molar-refractivity contribution in [1.29, 1.82) is 0 Å². The van der Waals surface area contributed by atoms with Crippen LogP contribution in [0.25, 0.3) is 0 Å². The number of benzene rings is 1. The second kappa shape index (κ2) is 7.12. The molecule has 154 valence electrons. The largest absolute Gasteiger partial charge is 0.418 e. The van der Waals surface area contributed by atoms with E-state index in [1.807, 2.05) is 6.07 Å². The second-order valence-corrected chi connectivity index (χ2v) is 7.93. The van der Waals surface area contributed by atoms with Crippen molar-refractivity contribution in [2.24, 2.45) is 0 Å². The number of nitrogens with zero attached hydrogens (tertiary/aromatic N) is 3. The summed E-state index contributed by atoms with van der Waals surface area (Å²) < 4.78 is 6.11. The van der Waals surface area contributed by atoms with Gasteiger partial charge in [-0.3, -0.25) is 15.2 Å². The number of aromatic amines is 1. The van der Waals surface area contributed by atoms with Gasteiger partial charge in [0.15, 0.2) is 0 Å². The molecule has 2 aromatic heterocycles. The summed E-state index contributed by atoms with van der Waals surface area (Å²) in [5.41, 5.74) is 13.0. The number of aromatic nitrogens is 3. The van der Waals surface area contributed by atoms with Crippen molar-refractivity contribution in [2.75, 3.05) is 5.73 Å². The lowest BCUT2D eigenvalue weighted by Crippen LogP contribution is -2.20. The number of anilines is 1. The van der Waals surface area contributed by atoms with E-state index in [1.165, 1.54) is 6.07 Å². The van der Waals surface area contributed by atoms with Crippen LogP contribution in [0.1, 0.15) is 65.7 Å². The normalized spacial score (nSPS) is 16.9. The van der Waals surface area contributed by atoms with Crippen molar-refractivity contribution in [2.45, 2.75) is 51.4 Å². The number of pyridine rings is 1. The fourth-order valence-corrected chi connectivity index (χ4v) is 4.69. The molecular weight excluding hydrogens is 382 g/mol. The number of nitrogens with one attached hydrogen (secondary N) is 1. The van der Waals surface area contributed by atoms with Gasteiger partial charge in [0.05, 0.1) is 10.5 Å². The third-order valence-electron chi connectivity index (χ3n) is 6.05. The van der Waals surface area contributed by atoms with Crippen LogP contribution >= 0.6 is 0 Å². The van der Waals surface area contributed by atoms with E-state index in [2.05, 4.69) is 17.1 Å². The van der Waals surface area contributed by atoms with Gasteiger partial charge in [-0.1, -0.05) is 25.5 Å². The molecule has 30 heavy (non-hydrogen) atoms. The first-order valence-corrected chi connectivity index (χ1v) is 10.4. The van der Waals surface area contributed by atoms with Crippen molar-refractivity contribution < 1.29 is 9.66 Å². The van der Waals surface area contributed by atoms with Crippen molar-refractivity contribution in [1.82, 2.24) is 15.2 Å². The lowest BCUT2D eigenvalue weighted by molar-refractivity contribution is -0.384. The van der Waals surface area contributed by atoms with Gasteiger partial charge in [0.2, 0.25) is 11.8 Å². The molecule has 3 heterocycles. The second-order valence-electron chi connectivity index (χ2n) is 7.93. The zero-order valence-electron chi connectivity index (χ0n) is 16.8. The van der Waals surface area contributed by atoms with Gasteiger partial charge in [-0.15, -0.1) is 5.10 Å². The van der Waals surface area contributed by atoms with E-state index in [9.17, 15) is 10.1 Å². The van der Waals surface area contributed by atoms with Gasteiger partial charge in [-0.05, 0) is 43.2 Å².